The lowest BCUT2D eigenvalue weighted by Gasteiger charge is -2.20. The van der Waals surface area contributed by atoms with E-state index in [1.807, 2.05) is 28.8 Å². The van der Waals surface area contributed by atoms with Crippen LogP contribution in [0, 0.1) is 0 Å². The fraction of sp³-hybridized carbons (Fsp3) is 0.471. The van der Waals surface area contributed by atoms with Gasteiger partial charge >= 0.3 is 6.03 Å². The van der Waals surface area contributed by atoms with Crippen molar-refractivity contribution in [1.29, 1.82) is 0 Å². The second-order valence-corrected chi connectivity index (χ2v) is 7.37. The zero-order valence-electron chi connectivity index (χ0n) is 13.0. The van der Waals surface area contributed by atoms with E-state index >= 15 is 0 Å². The molecule has 2 amide bonds. The van der Waals surface area contributed by atoms with E-state index < -0.39 is 0 Å². The summed E-state index contributed by atoms with van der Waals surface area (Å²) in [6, 6.07) is 10.5. The first-order valence-electron chi connectivity index (χ1n) is 7.93. The third-order valence-electron chi connectivity index (χ3n) is 4.11. The van der Waals surface area contributed by atoms with Crippen molar-refractivity contribution in [3.05, 3.63) is 36.0 Å². The Bertz CT molecular complexity index is 607. The number of nitrogens with one attached hydrogen (secondary N) is 2. The Balaban J connectivity index is 1.48. The number of thioether (sulfide) groups is 1. The molecule has 4 nitrogen and oxygen atoms in total. The molecule has 1 fully saturated rings. The molecule has 5 heteroatoms. The monoisotopic (exact) mass is 317 g/mol. The van der Waals surface area contributed by atoms with Gasteiger partial charge in [-0.15, -0.1) is 0 Å². The smallest absolute Gasteiger partial charge is 0.317 e. The fourth-order valence-electron chi connectivity index (χ4n) is 2.78. The van der Waals surface area contributed by atoms with Crippen LogP contribution in [0.5, 0.6) is 0 Å². The second-order valence-electron chi connectivity index (χ2n) is 5.82. The molecule has 2 N–H and O–H groups in total. The number of para-hydroxylation sites is 1. The summed E-state index contributed by atoms with van der Waals surface area (Å²) in [6.45, 7) is 4.63. The zero-order valence-corrected chi connectivity index (χ0v) is 13.8. The van der Waals surface area contributed by atoms with Crippen LogP contribution < -0.4 is 5.32 Å². The molecule has 1 aromatic carbocycles. The second kappa shape index (κ2) is 7.09. The quantitative estimate of drug-likeness (QED) is 0.913. The van der Waals surface area contributed by atoms with Crippen LogP contribution in [-0.4, -0.2) is 46.6 Å². The predicted octanol–water partition coefficient (Wildman–Crippen LogP) is 3.25. The summed E-state index contributed by atoms with van der Waals surface area (Å²) in [4.78, 5) is 17.6. The van der Waals surface area contributed by atoms with E-state index in [0.717, 1.165) is 37.2 Å². The number of H-pyrrole nitrogens is 1. The van der Waals surface area contributed by atoms with E-state index in [4.69, 9.17) is 0 Å². The van der Waals surface area contributed by atoms with Gasteiger partial charge in [0.05, 0.1) is 0 Å². The number of aromatic amines is 1. The molecule has 0 radical (unpaired) electrons. The lowest BCUT2D eigenvalue weighted by molar-refractivity contribution is 0.201. The van der Waals surface area contributed by atoms with E-state index in [-0.39, 0.29) is 6.03 Å². The van der Waals surface area contributed by atoms with Crippen LogP contribution in [0.4, 0.5) is 4.79 Å². The van der Waals surface area contributed by atoms with E-state index in [1.165, 1.54) is 11.1 Å². The predicted molar refractivity (Wildman–Crippen MR) is 93.5 cm³/mol. The maximum absolute atomic E-state index is 12.2. The molecule has 1 saturated heterocycles. The largest absolute Gasteiger partial charge is 0.358 e. The van der Waals surface area contributed by atoms with Crippen molar-refractivity contribution in [2.24, 2.45) is 0 Å². The SMILES string of the molecule is CC1CCN(C(=O)NCCc2cc3ccccc3[nH]2)CCS1. The molecule has 1 atom stereocenters. The van der Waals surface area contributed by atoms with Crippen molar-refractivity contribution < 1.29 is 4.79 Å². The van der Waals surface area contributed by atoms with E-state index in [1.54, 1.807) is 0 Å². The molecule has 22 heavy (non-hydrogen) atoms. The van der Waals surface area contributed by atoms with Crippen LogP contribution in [0.25, 0.3) is 10.9 Å². The number of fused-ring (bicyclic) bond motifs is 1. The zero-order chi connectivity index (χ0) is 15.4. The number of aromatic nitrogens is 1. The lowest BCUT2D eigenvalue weighted by Crippen LogP contribution is -2.41. The van der Waals surface area contributed by atoms with Crippen LogP contribution in [0.2, 0.25) is 0 Å². The molecule has 0 bridgehead atoms. The normalized spacial score (nSPS) is 19.1. The fourth-order valence-corrected chi connectivity index (χ4v) is 3.78. The van der Waals surface area contributed by atoms with Crippen molar-refractivity contribution in [3.63, 3.8) is 0 Å². The molecule has 1 aliphatic rings. The van der Waals surface area contributed by atoms with Crippen LogP contribution in [0.1, 0.15) is 19.0 Å². The van der Waals surface area contributed by atoms with Gasteiger partial charge in [-0.05, 0) is 23.9 Å². The van der Waals surface area contributed by atoms with Gasteiger partial charge in [-0.1, -0.05) is 25.1 Å². The van der Waals surface area contributed by atoms with Gasteiger partial charge in [0.25, 0.3) is 0 Å². The van der Waals surface area contributed by atoms with Gasteiger partial charge in [-0.25, -0.2) is 4.79 Å². The van der Waals surface area contributed by atoms with Crippen molar-refractivity contribution in [2.45, 2.75) is 25.0 Å². The number of nitrogens with zero attached hydrogens (tertiary/aromatic N) is 1. The van der Waals surface area contributed by atoms with Gasteiger partial charge in [0.2, 0.25) is 0 Å². The summed E-state index contributed by atoms with van der Waals surface area (Å²) >= 11 is 1.96. The van der Waals surface area contributed by atoms with Crippen molar-refractivity contribution >= 4 is 28.7 Å². The number of hydrogen-bond acceptors (Lipinski definition) is 2. The lowest BCUT2D eigenvalue weighted by atomic mass is 10.2. The Kier molecular flexibility index (Phi) is 4.93. The molecule has 1 unspecified atom stereocenters. The highest BCUT2D eigenvalue weighted by molar-refractivity contribution is 7.99. The third-order valence-corrected chi connectivity index (χ3v) is 5.34. The average Bonchev–Trinajstić information content (AvgIpc) is 2.80. The molecule has 1 aromatic heterocycles. The Labute approximate surface area is 135 Å². The Morgan fingerprint density at radius 2 is 2.27 bits per heavy atom. The molecule has 2 heterocycles. The number of hydrogen-bond donors (Lipinski definition) is 2. The van der Waals surface area contributed by atoms with Gasteiger partial charge in [0.15, 0.2) is 0 Å². The summed E-state index contributed by atoms with van der Waals surface area (Å²) in [6.07, 6.45) is 1.92. The van der Waals surface area contributed by atoms with Crippen LogP contribution in [0.3, 0.4) is 0 Å². The van der Waals surface area contributed by atoms with Gasteiger partial charge in [0.1, 0.15) is 0 Å². The van der Waals surface area contributed by atoms with Gasteiger partial charge < -0.3 is 15.2 Å². The number of benzene rings is 1. The van der Waals surface area contributed by atoms with Crippen molar-refractivity contribution in [2.75, 3.05) is 25.4 Å². The van der Waals surface area contributed by atoms with Crippen LogP contribution in [-0.2, 0) is 6.42 Å². The van der Waals surface area contributed by atoms with Crippen molar-refractivity contribution in [1.82, 2.24) is 15.2 Å². The average molecular weight is 317 g/mol. The van der Waals surface area contributed by atoms with Crippen LogP contribution in [0.15, 0.2) is 30.3 Å². The third kappa shape index (κ3) is 3.77. The maximum atomic E-state index is 12.2. The molecule has 0 spiro atoms. The van der Waals surface area contributed by atoms with E-state index in [2.05, 4.69) is 35.4 Å². The minimum Gasteiger partial charge on any atom is -0.358 e. The number of carbonyl (C=O) groups is 1. The summed E-state index contributed by atoms with van der Waals surface area (Å²) in [5.74, 6) is 1.04. The molecule has 2 aromatic rings. The summed E-state index contributed by atoms with van der Waals surface area (Å²) in [5.41, 5.74) is 2.32. The number of urea groups is 1. The number of carbonyl (C=O) groups excluding carboxylic acids is 1. The van der Waals surface area contributed by atoms with E-state index in [0.29, 0.717) is 11.8 Å². The maximum Gasteiger partial charge on any atom is 0.317 e. The molecule has 1 aliphatic heterocycles. The molecule has 0 aliphatic carbocycles. The molecule has 3 rings (SSSR count). The first-order valence-corrected chi connectivity index (χ1v) is 8.98. The minimum atomic E-state index is 0.0748. The summed E-state index contributed by atoms with van der Waals surface area (Å²) in [5, 5.41) is 4.93. The van der Waals surface area contributed by atoms with Crippen LogP contribution >= 0.6 is 11.8 Å². The first kappa shape index (κ1) is 15.3. The highest BCUT2D eigenvalue weighted by Crippen LogP contribution is 2.18. The Hall–Kier alpha value is -1.62. The molecular weight excluding hydrogens is 294 g/mol. The standard InChI is InChI=1S/C17H23N3OS/c1-13-7-9-20(10-11-22-13)17(21)18-8-6-15-12-14-4-2-3-5-16(14)19-15/h2-5,12-13,19H,6-11H2,1H3,(H,18,21). The number of amides is 2. The summed E-state index contributed by atoms with van der Waals surface area (Å²) < 4.78 is 0. The Morgan fingerprint density at radius 1 is 1.41 bits per heavy atom. The highest BCUT2D eigenvalue weighted by atomic mass is 32.2. The van der Waals surface area contributed by atoms with E-state index in [9.17, 15) is 4.79 Å². The first-order chi connectivity index (χ1) is 10.7. The van der Waals surface area contributed by atoms with Gasteiger partial charge in [0, 0.05) is 48.3 Å². The highest BCUT2D eigenvalue weighted by Gasteiger charge is 2.18. The topological polar surface area (TPSA) is 48.1 Å². The molecule has 0 saturated carbocycles. The minimum absolute atomic E-state index is 0.0748. The Morgan fingerprint density at radius 3 is 3.14 bits per heavy atom. The summed E-state index contributed by atoms with van der Waals surface area (Å²) in [7, 11) is 0. The molecular formula is C17H23N3OS. The van der Waals surface area contributed by atoms with Gasteiger partial charge in [-0.2, -0.15) is 11.8 Å². The number of rotatable bonds is 3. The molecule has 118 valence electrons. The van der Waals surface area contributed by atoms with Crippen molar-refractivity contribution in [3.8, 4) is 0 Å². The van der Waals surface area contributed by atoms with Gasteiger partial charge in [-0.3, -0.25) is 0 Å².